The monoisotopic (exact) mass is 500 g/mol. The highest BCUT2D eigenvalue weighted by Crippen LogP contribution is 2.34. The molecule has 1 N–H and O–H groups in total. The number of anilines is 1. The smallest absolute Gasteiger partial charge is 0.303 e. The van der Waals surface area contributed by atoms with E-state index in [0.29, 0.717) is 30.2 Å². The molecule has 0 spiro atoms. The number of aromatic nitrogens is 5. The number of pyridine rings is 2. The molecule has 192 valence electrons. The topological polar surface area (TPSA) is 106 Å². The van der Waals surface area contributed by atoms with Crippen LogP contribution in [0.4, 0.5) is 14.5 Å². The van der Waals surface area contributed by atoms with Crippen molar-refractivity contribution in [3.63, 3.8) is 0 Å². The van der Waals surface area contributed by atoms with Gasteiger partial charge in [0.05, 0.1) is 23.6 Å². The van der Waals surface area contributed by atoms with E-state index in [1.54, 1.807) is 34.8 Å². The second kappa shape index (κ2) is 11.0. The van der Waals surface area contributed by atoms with E-state index < -0.39 is 12.4 Å². The lowest BCUT2D eigenvalue weighted by Gasteiger charge is -2.34. The number of rotatable bonds is 9. The second-order valence-corrected chi connectivity index (χ2v) is 9.22. The number of aryl methyl sites for hydroxylation is 2. The first-order chi connectivity index (χ1) is 17.3. The van der Waals surface area contributed by atoms with E-state index in [1.807, 2.05) is 6.07 Å². The molecule has 0 aliphatic carbocycles. The van der Waals surface area contributed by atoms with E-state index in [0.717, 1.165) is 31.2 Å². The zero-order valence-electron chi connectivity index (χ0n) is 20.4. The predicted molar refractivity (Wildman–Crippen MR) is 130 cm³/mol. The molecule has 0 saturated carbocycles. The molecule has 9 nitrogen and oxygen atoms in total. The minimum atomic E-state index is -2.83. The van der Waals surface area contributed by atoms with E-state index in [1.165, 1.54) is 10.7 Å². The molecule has 0 radical (unpaired) electrons. The predicted octanol–water partition coefficient (Wildman–Crippen LogP) is 3.67. The van der Waals surface area contributed by atoms with Gasteiger partial charge in [-0.05, 0) is 42.9 Å². The third-order valence-corrected chi connectivity index (χ3v) is 6.52. The van der Waals surface area contributed by atoms with Crippen LogP contribution in [0.25, 0.3) is 11.4 Å². The third-order valence-electron chi connectivity index (χ3n) is 6.52. The van der Waals surface area contributed by atoms with Crippen molar-refractivity contribution in [1.29, 1.82) is 0 Å². The van der Waals surface area contributed by atoms with Crippen molar-refractivity contribution in [2.75, 3.05) is 18.0 Å². The molecule has 1 atom stereocenters. The molecule has 0 amide bonds. The van der Waals surface area contributed by atoms with Crippen LogP contribution in [-0.4, -0.2) is 48.7 Å². The average molecular weight is 501 g/mol. The fraction of sp³-hybridized carbons (Fsp3) is 0.480. The molecule has 3 aromatic heterocycles. The Morgan fingerprint density at radius 1 is 1.25 bits per heavy atom. The minimum Gasteiger partial charge on any atom is -0.481 e. The fourth-order valence-corrected chi connectivity index (χ4v) is 4.78. The lowest BCUT2D eigenvalue weighted by atomic mass is 9.94. The number of halogens is 2. The van der Waals surface area contributed by atoms with Gasteiger partial charge < -0.3 is 14.6 Å². The molecule has 11 heteroatoms. The van der Waals surface area contributed by atoms with Gasteiger partial charge in [0.25, 0.3) is 12.0 Å². The number of alkyl halides is 2. The zero-order chi connectivity index (χ0) is 25.8. The third kappa shape index (κ3) is 5.60. The molecule has 0 aromatic carbocycles. The van der Waals surface area contributed by atoms with Crippen LogP contribution in [-0.2, 0) is 24.8 Å². The first-order valence-corrected chi connectivity index (χ1v) is 12.1. The lowest BCUT2D eigenvalue weighted by Crippen LogP contribution is -2.37. The maximum absolute atomic E-state index is 14.1. The summed E-state index contributed by atoms with van der Waals surface area (Å²) in [5, 5.41) is 17.4. The van der Waals surface area contributed by atoms with Gasteiger partial charge in [-0.1, -0.05) is 24.6 Å². The molecular weight excluding hydrogens is 470 g/mol. The SMILES string of the molecule is CCCc1ccc(=O)n(Cc2c(-c3ccc(N4CCC[C@H](CC(=O)O)C4)c(C(F)F)n3)nnn2C)c1. The van der Waals surface area contributed by atoms with Crippen LogP contribution in [0, 0.1) is 5.92 Å². The maximum Gasteiger partial charge on any atom is 0.303 e. The number of piperidine rings is 1. The first kappa shape index (κ1) is 25.5. The number of hydrogen-bond acceptors (Lipinski definition) is 6. The van der Waals surface area contributed by atoms with Gasteiger partial charge in [0.1, 0.15) is 11.4 Å². The van der Waals surface area contributed by atoms with E-state index in [-0.39, 0.29) is 35.8 Å². The molecule has 36 heavy (non-hydrogen) atoms. The van der Waals surface area contributed by atoms with Gasteiger partial charge in [-0.2, -0.15) is 0 Å². The average Bonchev–Trinajstić information content (AvgIpc) is 3.20. The lowest BCUT2D eigenvalue weighted by molar-refractivity contribution is -0.138. The van der Waals surface area contributed by atoms with Crippen molar-refractivity contribution in [1.82, 2.24) is 24.5 Å². The van der Waals surface area contributed by atoms with E-state index in [4.69, 9.17) is 5.11 Å². The Morgan fingerprint density at radius 3 is 2.78 bits per heavy atom. The molecule has 0 bridgehead atoms. The Morgan fingerprint density at radius 2 is 2.06 bits per heavy atom. The van der Waals surface area contributed by atoms with Crippen LogP contribution in [0.1, 0.15) is 56.0 Å². The van der Waals surface area contributed by atoms with Gasteiger partial charge in [0.2, 0.25) is 0 Å². The first-order valence-electron chi connectivity index (χ1n) is 12.1. The largest absolute Gasteiger partial charge is 0.481 e. The summed E-state index contributed by atoms with van der Waals surface area (Å²) >= 11 is 0. The Hall–Kier alpha value is -3.63. The highest BCUT2D eigenvalue weighted by atomic mass is 19.3. The van der Waals surface area contributed by atoms with Crippen LogP contribution < -0.4 is 10.5 Å². The molecule has 1 aliphatic rings. The van der Waals surface area contributed by atoms with Gasteiger partial charge in [-0.25, -0.2) is 18.4 Å². The number of carbonyl (C=O) groups is 1. The number of carboxylic acid groups (broad SMARTS) is 1. The van der Waals surface area contributed by atoms with Crippen LogP contribution in [0.3, 0.4) is 0 Å². The normalized spacial score (nSPS) is 16.0. The van der Waals surface area contributed by atoms with Gasteiger partial charge in [-0.15, -0.1) is 5.10 Å². The Labute approximate surface area is 207 Å². The Bertz CT molecular complexity index is 1290. The van der Waals surface area contributed by atoms with Gasteiger partial charge in [0, 0.05) is 38.8 Å². The standard InChI is InChI=1S/C25H30F2N6O3/c1-3-5-16-7-10-21(34)33(13-16)15-20-23(29-30-31(20)2)18-8-9-19(24(28-18)25(26)27)32-11-4-6-17(14-32)12-22(35)36/h7-10,13,17,25H,3-6,11-12,14-15H2,1-2H3,(H,35,36)/t17-/m1/s1. The minimum absolute atomic E-state index is 0.00775. The number of aliphatic carboxylic acids is 1. The Kier molecular flexibility index (Phi) is 7.76. The maximum atomic E-state index is 14.1. The number of hydrogen-bond donors (Lipinski definition) is 1. The van der Waals surface area contributed by atoms with Crippen molar-refractivity contribution < 1.29 is 18.7 Å². The zero-order valence-corrected chi connectivity index (χ0v) is 20.4. The second-order valence-electron chi connectivity index (χ2n) is 9.22. The molecule has 3 aromatic rings. The molecule has 1 saturated heterocycles. The summed E-state index contributed by atoms with van der Waals surface area (Å²) in [4.78, 5) is 29.7. The van der Waals surface area contributed by atoms with Crippen LogP contribution >= 0.6 is 0 Å². The van der Waals surface area contributed by atoms with Crippen molar-refractivity contribution >= 4 is 11.7 Å². The summed E-state index contributed by atoms with van der Waals surface area (Å²) in [6.45, 7) is 3.18. The van der Waals surface area contributed by atoms with Crippen LogP contribution in [0.2, 0.25) is 0 Å². The van der Waals surface area contributed by atoms with E-state index in [9.17, 15) is 18.4 Å². The van der Waals surface area contributed by atoms with Crippen LogP contribution in [0.15, 0.2) is 35.3 Å². The van der Waals surface area contributed by atoms with Crippen molar-refractivity contribution in [2.24, 2.45) is 13.0 Å². The number of nitrogens with zero attached hydrogens (tertiary/aromatic N) is 6. The fourth-order valence-electron chi connectivity index (χ4n) is 4.78. The molecule has 1 fully saturated rings. The summed E-state index contributed by atoms with van der Waals surface area (Å²) in [5.74, 6) is -0.992. The molecule has 0 unspecified atom stereocenters. The molecule has 4 heterocycles. The number of carboxylic acids is 1. The summed E-state index contributed by atoms with van der Waals surface area (Å²) in [6, 6.07) is 6.56. The molecular formula is C25H30F2N6O3. The van der Waals surface area contributed by atoms with Gasteiger partial charge in [-0.3, -0.25) is 9.59 Å². The van der Waals surface area contributed by atoms with E-state index >= 15 is 0 Å². The highest BCUT2D eigenvalue weighted by Gasteiger charge is 2.27. The van der Waals surface area contributed by atoms with Gasteiger partial charge in [0.15, 0.2) is 0 Å². The quantitative estimate of drug-likeness (QED) is 0.478. The highest BCUT2D eigenvalue weighted by molar-refractivity contribution is 5.67. The summed E-state index contributed by atoms with van der Waals surface area (Å²) in [6.07, 6.45) is 2.23. The van der Waals surface area contributed by atoms with E-state index in [2.05, 4.69) is 22.2 Å². The van der Waals surface area contributed by atoms with Crippen molar-refractivity contribution in [2.45, 2.75) is 52.0 Å². The summed E-state index contributed by atoms with van der Waals surface area (Å²) in [5.41, 5.74) is 1.93. The van der Waals surface area contributed by atoms with Crippen molar-refractivity contribution in [3.8, 4) is 11.4 Å². The summed E-state index contributed by atoms with van der Waals surface area (Å²) in [7, 11) is 1.69. The van der Waals surface area contributed by atoms with Crippen molar-refractivity contribution in [3.05, 3.63) is 57.8 Å². The summed E-state index contributed by atoms with van der Waals surface area (Å²) < 4.78 is 31.4. The van der Waals surface area contributed by atoms with Gasteiger partial charge >= 0.3 is 5.97 Å². The molecule has 4 rings (SSSR count). The Balaban J connectivity index is 1.66. The molecule has 1 aliphatic heterocycles. The van der Waals surface area contributed by atoms with Crippen LogP contribution in [0.5, 0.6) is 0 Å².